The second-order valence-corrected chi connectivity index (χ2v) is 14.9. The predicted octanol–water partition coefficient (Wildman–Crippen LogP) is 9.09. The van der Waals surface area contributed by atoms with Crippen molar-refractivity contribution in [1.29, 1.82) is 0 Å². The first-order valence-electron chi connectivity index (χ1n) is 21.4. The van der Waals surface area contributed by atoms with Crippen LogP contribution in [0, 0.1) is 0 Å². The molecule has 0 rings (SSSR count). The highest BCUT2D eigenvalue weighted by Gasteiger charge is 2.20. The molecule has 0 aromatic heterocycles. The van der Waals surface area contributed by atoms with Crippen molar-refractivity contribution in [2.75, 3.05) is 119 Å². The van der Waals surface area contributed by atoms with Gasteiger partial charge in [-0.05, 0) is 12.8 Å². The minimum Gasteiger partial charge on any atom is -0.379 e. The molecule has 0 aromatic carbocycles. The third-order valence-electron chi connectivity index (χ3n) is 8.48. The number of hydrogen-bond acceptors (Lipinski definition) is 11. The molecule has 0 atom stereocenters. The van der Waals surface area contributed by atoms with Crippen LogP contribution in [0.25, 0.3) is 0 Å². The van der Waals surface area contributed by atoms with Gasteiger partial charge in [-0.25, -0.2) is 4.57 Å². The van der Waals surface area contributed by atoms with Crippen LogP contribution in [0.15, 0.2) is 0 Å². The van der Waals surface area contributed by atoms with Crippen LogP contribution in [0.2, 0.25) is 0 Å². The predicted molar refractivity (Wildman–Crippen MR) is 212 cm³/mol. The Bertz CT molecular complexity index is 667. The van der Waals surface area contributed by atoms with Gasteiger partial charge in [-0.1, -0.05) is 129 Å². The summed E-state index contributed by atoms with van der Waals surface area (Å²) >= 11 is 0. The van der Waals surface area contributed by atoms with Crippen molar-refractivity contribution in [2.45, 2.75) is 142 Å². The van der Waals surface area contributed by atoms with Crippen LogP contribution in [-0.4, -0.2) is 124 Å². The van der Waals surface area contributed by atoms with Gasteiger partial charge in [0.25, 0.3) is 0 Å². The summed E-state index contributed by atoms with van der Waals surface area (Å²) in [6, 6.07) is 0. The molecule has 0 saturated heterocycles. The molecule has 13 heteroatoms. The van der Waals surface area contributed by atoms with Crippen LogP contribution in [-0.2, 0) is 51.5 Å². The van der Waals surface area contributed by atoms with Gasteiger partial charge in [0.1, 0.15) is 0 Å². The summed E-state index contributed by atoms with van der Waals surface area (Å²) in [7, 11) is -4.16. The van der Waals surface area contributed by atoms with Crippen LogP contribution in [0.3, 0.4) is 0 Å². The summed E-state index contributed by atoms with van der Waals surface area (Å²) in [5.41, 5.74) is 0. The monoisotopic (exact) mass is 787 g/mol. The van der Waals surface area contributed by atoms with Gasteiger partial charge in [-0.2, -0.15) is 0 Å². The number of unbranched alkanes of at least 4 members (excludes halogenated alkanes) is 18. The molecule has 0 saturated carbocycles. The maximum Gasteiger partial charge on any atom is 0.472 e. The van der Waals surface area contributed by atoms with E-state index in [-0.39, 0.29) is 26.4 Å². The molecule has 0 amide bonds. The average molecular weight is 787 g/mol. The molecule has 1 N–H and O–H groups in total. The highest BCUT2D eigenvalue weighted by molar-refractivity contribution is 7.47. The van der Waals surface area contributed by atoms with E-state index in [0.717, 1.165) is 26.1 Å². The van der Waals surface area contributed by atoms with Gasteiger partial charge >= 0.3 is 7.82 Å². The Morgan fingerprint density at radius 2 is 0.472 bits per heavy atom. The largest absolute Gasteiger partial charge is 0.472 e. The van der Waals surface area contributed by atoms with E-state index in [1.807, 2.05) is 0 Å². The summed E-state index contributed by atoms with van der Waals surface area (Å²) in [6.07, 6.45) is 26.5. The number of ether oxygens (including phenoxy) is 8. The summed E-state index contributed by atoms with van der Waals surface area (Å²) < 4.78 is 65.7. The Hall–Kier alpha value is -0.210. The molecular weight excluding hydrogens is 703 g/mol. The van der Waals surface area contributed by atoms with Crippen molar-refractivity contribution in [3.63, 3.8) is 0 Å². The van der Waals surface area contributed by atoms with Crippen LogP contribution >= 0.6 is 7.82 Å². The summed E-state index contributed by atoms with van der Waals surface area (Å²) in [6.45, 7) is 12.0. The van der Waals surface area contributed by atoms with E-state index >= 15 is 0 Å². The minimum absolute atomic E-state index is 0.0712. The molecule has 0 unspecified atom stereocenters. The highest BCUT2D eigenvalue weighted by atomic mass is 31.2. The molecule has 0 radical (unpaired) electrons. The maximum absolute atomic E-state index is 12.0. The lowest BCUT2D eigenvalue weighted by Crippen LogP contribution is -2.14. The van der Waals surface area contributed by atoms with Crippen molar-refractivity contribution in [1.82, 2.24) is 0 Å². The minimum atomic E-state index is -4.16. The van der Waals surface area contributed by atoms with Gasteiger partial charge in [0, 0.05) is 13.2 Å². The zero-order valence-corrected chi connectivity index (χ0v) is 35.1. The first-order chi connectivity index (χ1) is 26.1. The van der Waals surface area contributed by atoms with Gasteiger partial charge in [-0.3, -0.25) is 9.05 Å². The van der Waals surface area contributed by atoms with E-state index in [0.29, 0.717) is 79.3 Å². The Morgan fingerprint density at radius 3 is 0.717 bits per heavy atom. The van der Waals surface area contributed by atoms with E-state index in [4.69, 9.17) is 46.9 Å². The number of rotatable bonds is 48. The number of phosphoric ester groups is 1. The standard InChI is InChI=1S/C40H83O12P/c1-3-5-7-9-11-13-15-17-19-21-23-43-25-27-45-29-31-47-33-35-49-37-39-51-53(41,42)52-40-38-50-36-34-48-32-30-46-28-26-44-24-22-20-18-16-14-12-10-8-6-4-2/h3-40H2,1-2H3,(H,41,42). The number of hydrogen-bond donors (Lipinski definition) is 1. The van der Waals surface area contributed by atoms with Gasteiger partial charge in [0.2, 0.25) is 0 Å². The second-order valence-electron chi connectivity index (χ2n) is 13.4. The molecule has 320 valence electrons. The first kappa shape index (κ1) is 52.8. The second kappa shape index (κ2) is 46.2. The quantitative estimate of drug-likeness (QED) is 0.0467. The lowest BCUT2D eigenvalue weighted by molar-refractivity contribution is -0.00927. The zero-order valence-electron chi connectivity index (χ0n) is 34.3. The van der Waals surface area contributed by atoms with E-state index < -0.39 is 7.82 Å². The normalized spacial score (nSPS) is 12.0. The van der Waals surface area contributed by atoms with Crippen molar-refractivity contribution in [3.05, 3.63) is 0 Å². The molecule has 0 heterocycles. The van der Waals surface area contributed by atoms with Crippen LogP contribution in [0.4, 0.5) is 0 Å². The van der Waals surface area contributed by atoms with E-state index in [9.17, 15) is 9.46 Å². The van der Waals surface area contributed by atoms with Gasteiger partial charge in [0.05, 0.1) is 106 Å². The SMILES string of the molecule is CCCCCCCCCCCCOCCOCCOCCOCCOP(=O)(O)OCCOCCOCCOCCOCCCCCCCCCCCC. The van der Waals surface area contributed by atoms with Crippen molar-refractivity contribution < 1.29 is 56.4 Å². The van der Waals surface area contributed by atoms with Gasteiger partial charge in [0.15, 0.2) is 0 Å². The molecule has 0 aromatic rings. The van der Waals surface area contributed by atoms with E-state index in [1.54, 1.807) is 0 Å². The Balaban J connectivity index is 3.24. The molecule has 0 fully saturated rings. The third kappa shape index (κ3) is 47.9. The fourth-order valence-corrected chi connectivity index (χ4v) is 6.05. The zero-order chi connectivity index (χ0) is 38.4. The molecular formula is C40H83O12P. The summed E-state index contributed by atoms with van der Waals surface area (Å²) in [5.74, 6) is 0. The van der Waals surface area contributed by atoms with Crippen LogP contribution < -0.4 is 0 Å². The highest BCUT2D eigenvalue weighted by Crippen LogP contribution is 2.42. The lowest BCUT2D eigenvalue weighted by Gasteiger charge is -2.12. The molecule has 0 aliphatic heterocycles. The molecule has 0 spiro atoms. The molecule has 53 heavy (non-hydrogen) atoms. The molecule has 0 aliphatic carbocycles. The van der Waals surface area contributed by atoms with Gasteiger partial charge < -0.3 is 42.8 Å². The molecule has 12 nitrogen and oxygen atoms in total. The summed E-state index contributed by atoms with van der Waals surface area (Å²) in [5, 5.41) is 0. The molecule has 0 bridgehead atoms. The topological polar surface area (TPSA) is 130 Å². The van der Waals surface area contributed by atoms with Crippen LogP contribution in [0.1, 0.15) is 142 Å². The summed E-state index contributed by atoms with van der Waals surface area (Å²) in [4.78, 5) is 9.76. The van der Waals surface area contributed by atoms with Gasteiger partial charge in [-0.15, -0.1) is 0 Å². The van der Waals surface area contributed by atoms with E-state index in [1.165, 1.54) is 116 Å². The van der Waals surface area contributed by atoms with Crippen molar-refractivity contribution in [2.24, 2.45) is 0 Å². The average Bonchev–Trinajstić information content (AvgIpc) is 3.15. The Kier molecular flexibility index (Phi) is 46.0. The van der Waals surface area contributed by atoms with Crippen molar-refractivity contribution >= 4 is 7.82 Å². The van der Waals surface area contributed by atoms with Crippen molar-refractivity contribution in [3.8, 4) is 0 Å². The number of phosphoric acid groups is 1. The molecule has 0 aliphatic rings. The third-order valence-corrected chi connectivity index (χ3v) is 9.50. The maximum atomic E-state index is 12.0. The fourth-order valence-electron chi connectivity index (χ4n) is 5.37. The smallest absolute Gasteiger partial charge is 0.379 e. The van der Waals surface area contributed by atoms with E-state index in [2.05, 4.69) is 13.8 Å². The Labute approximate surface area is 324 Å². The fraction of sp³-hybridized carbons (Fsp3) is 1.00. The lowest BCUT2D eigenvalue weighted by atomic mass is 10.1. The first-order valence-corrected chi connectivity index (χ1v) is 22.9. The van der Waals surface area contributed by atoms with Crippen LogP contribution in [0.5, 0.6) is 0 Å². The Morgan fingerprint density at radius 1 is 0.283 bits per heavy atom.